The standard InChI is InChI=1S/C14H20N2O2/c1-5-10-15-14(2,13(17)18)11-6-8-12(9-7-11)16(3)4/h5-9,15H,1,10H2,2-4H3,(H,17,18). The third-order valence-electron chi connectivity index (χ3n) is 2.99. The number of nitrogens with one attached hydrogen (secondary N) is 1. The number of benzene rings is 1. The quantitative estimate of drug-likeness (QED) is 0.754. The third-order valence-corrected chi connectivity index (χ3v) is 2.99. The van der Waals surface area contributed by atoms with Gasteiger partial charge in [0, 0.05) is 26.3 Å². The lowest BCUT2D eigenvalue weighted by Crippen LogP contribution is -2.46. The normalized spacial score (nSPS) is 13.7. The van der Waals surface area contributed by atoms with Crippen molar-refractivity contribution < 1.29 is 9.90 Å². The molecule has 1 rings (SSSR count). The van der Waals surface area contributed by atoms with E-state index >= 15 is 0 Å². The van der Waals surface area contributed by atoms with E-state index in [9.17, 15) is 9.90 Å². The Morgan fingerprint density at radius 2 is 2.00 bits per heavy atom. The van der Waals surface area contributed by atoms with Crippen LogP contribution in [0.2, 0.25) is 0 Å². The van der Waals surface area contributed by atoms with Gasteiger partial charge in [0.25, 0.3) is 0 Å². The van der Waals surface area contributed by atoms with Gasteiger partial charge in [-0.2, -0.15) is 0 Å². The molecule has 4 heteroatoms. The van der Waals surface area contributed by atoms with E-state index in [2.05, 4.69) is 11.9 Å². The molecule has 0 aromatic heterocycles. The highest BCUT2D eigenvalue weighted by molar-refractivity contribution is 5.80. The predicted octanol–water partition coefficient (Wildman–Crippen LogP) is 1.83. The van der Waals surface area contributed by atoms with Crippen molar-refractivity contribution in [2.45, 2.75) is 12.5 Å². The minimum Gasteiger partial charge on any atom is -0.480 e. The average Bonchev–Trinajstić information content (AvgIpc) is 2.35. The van der Waals surface area contributed by atoms with Crippen LogP contribution in [0.4, 0.5) is 5.69 Å². The van der Waals surface area contributed by atoms with Gasteiger partial charge in [-0.1, -0.05) is 18.2 Å². The highest BCUT2D eigenvalue weighted by Crippen LogP contribution is 2.23. The van der Waals surface area contributed by atoms with Crippen LogP contribution in [0.5, 0.6) is 0 Å². The topological polar surface area (TPSA) is 52.6 Å². The highest BCUT2D eigenvalue weighted by atomic mass is 16.4. The zero-order chi connectivity index (χ0) is 13.8. The number of nitrogens with zero attached hydrogens (tertiary/aromatic N) is 1. The number of rotatable bonds is 6. The van der Waals surface area contributed by atoms with Crippen LogP contribution in [-0.2, 0) is 10.3 Å². The van der Waals surface area contributed by atoms with Crippen molar-refractivity contribution in [1.29, 1.82) is 0 Å². The van der Waals surface area contributed by atoms with Gasteiger partial charge in [0.05, 0.1) is 0 Å². The van der Waals surface area contributed by atoms with Crippen LogP contribution in [0.25, 0.3) is 0 Å². The predicted molar refractivity (Wildman–Crippen MR) is 74.0 cm³/mol. The molecule has 1 unspecified atom stereocenters. The molecule has 1 aromatic carbocycles. The van der Waals surface area contributed by atoms with Crippen molar-refractivity contribution in [1.82, 2.24) is 5.32 Å². The molecule has 0 aliphatic rings. The van der Waals surface area contributed by atoms with Gasteiger partial charge in [-0.05, 0) is 24.6 Å². The minimum absolute atomic E-state index is 0.443. The SMILES string of the molecule is C=CCNC(C)(C(=O)O)c1ccc(N(C)C)cc1. The number of anilines is 1. The molecule has 18 heavy (non-hydrogen) atoms. The Morgan fingerprint density at radius 3 is 2.39 bits per heavy atom. The molecule has 0 amide bonds. The van der Waals surface area contributed by atoms with Crippen molar-refractivity contribution in [2.75, 3.05) is 25.5 Å². The van der Waals surface area contributed by atoms with E-state index in [0.717, 1.165) is 11.3 Å². The lowest BCUT2D eigenvalue weighted by atomic mass is 9.92. The van der Waals surface area contributed by atoms with E-state index in [1.165, 1.54) is 0 Å². The molecule has 0 saturated carbocycles. The number of hydrogen-bond donors (Lipinski definition) is 2. The number of carbonyl (C=O) groups is 1. The summed E-state index contributed by atoms with van der Waals surface area (Å²) in [5.74, 6) is -0.901. The summed E-state index contributed by atoms with van der Waals surface area (Å²) >= 11 is 0. The summed E-state index contributed by atoms with van der Waals surface area (Å²) in [5, 5.41) is 12.4. The van der Waals surface area contributed by atoms with Crippen LogP contribution < -0.4 is 10.2 Å². The van der Waals surface area contributed by atoms with Gasteiger partial charge in [0.2, 0.25) is 0 Å². The maximum absolute atomic E-state index is 11.4. The molecule has 0 saturated heterocycles. The Bertz CT molecular complexity index is 426. The van der Waals surface area contributed by atoms with Gasteiger partial charge in [-0.3, -0.25) is 5.32 Å². The molecular weight excluding hydrogens is 228 g/mol. The molecule has 4 nitrogen and oxygen atoms in total. The molecule has 1 aromatic rings. The summed E-state index contributed by atoms with van der Waals surface area (Å²) in [6.07, 6.45) is 1.65. The summed E-state index contributed by atoms with van der Waals surface area (Å²) < 4.78 is 0. The van der Waals surface area contributed by atoms with Crippen LogP contribution in [0.15, 0.2) is 36.9 Å². The zero-order valence-electron chi connectivity index (χ0n) is 11.1. The number of hydrogen-bond acceptors (Lipinski definition) is 3. The van der Waals surface area contributed by atoms with E-state index < -0.39 is 11.5 Å². The van der Waals surface area contributed by atoms with Gasteiger partial charge >= 0.3 is 5.97 Å². The molecule has 2 N–H and O–H groups in total. The first-order valence-corrected chi connectivity index (χ1v) is 5.79. The maximum Gasteiger partial charge on any atom is 0.328 e. The van der Waals surface area contributed by atoms with Crippen LogP contribution in [0, 0.1) is 0 Å². The Morgan fingerprint density at radius 1 is 1.44 bits per heavy atom. The van der Waals surface area contributed by atoms with Crippen molar-refractivity contribution in [3.63, 3.8) is 0 Å². The lowest BCUT2D eigenvalue weighted by molar-refractivity contribution is -0.144. The molecule has 0 aliphatic carbocycles. The van der Waals surface area contributed by atoms with Crippen LogP contribution >= 0.6 is 0 Å². The Hall–Kier alpha value is -1.81. The fraction of sp³-hybridized carbons (Fsp3) is 0.357. The van der Waals surface area contributed by atoms with Crippen LogP contribution in [0.3, 0.4) is 0 Å². The van der Waals surface area contributed by atoms with Gasteiger partial charge in [-0.15, -0.1) is 6.58 Å². The summed E-state index contributed by atoms with van der Waals surface area (Å²) in [6, 6.07) is 7.48. The van der Waals surface area contributed by atoms with Crippen molar-refractivity contribution >= 4 is 11.7 Å². The summed E-state index contributed by atoms with van der Waals surface area (Å²) in [4.78, 5) is 13.4. The maximum atomic E-state index is 11.4. The first kappa shape index (κ1) is 14.3. The van der Waals surface area contributed by atoms with Gasteiger partial charge < -0.3 is 10.0 Å². The zero-order valence-corrected chi connectivity index (χ0v) is 11.1. The second-order valence-corrected chi connectivity index (χ2v) is 4.54. The van der Waals surface area contributed by atoms with Gasteiger partial charge in [-0.25, -0.2) is 4.79 Å². The minimum atomic E-state index is -1.10. The molecule has 0 fully saturated rings. The fourth-order valence-corrected chi connectivity index (χ4v) is 1.67. The molecule has 0 bridgehead atoms. The van der Waals surface area contributed by atoms with E-state index in [1.807, 2.05) is 43.3 Å². The average molecular weight is 248 g/mol. The molecule has 0 heterocycles. The van der Waals surface area contributed by atoms with E-state index in [0.29, 0.717) is 6.54 Å². The fourth-order valence-electron chi connectivity index (χ4n) is 1.67. The smallest absolute Gasteiger partial charge is 0.328 e. The summed E-state index contributed by atoms with van der Waals surface area (Å²) in [5.41, 5.74) is 0.664. The summed E-state index contributed by atoms with van der Waals surface area (Å²) in [6.45, 7) is 5.69. The molecule has 98 valence electrons. The van der Waals surface area contributed by atoms with Crippen LogP contribution in [0.1, 0.15) is 12.5 Å². The summed E-state index contributed by atoms with van der Waals surface area (Å²) in [7, 11) is 3.89. The second kappa shape index (κ2) is 5.69. The van der Waals surface area contributed by atoms with Gasteiger partial charge in [0.15, 0.2) is 0 Å². The number of carboxylic acid groups (broad SMARTS) is 1. The molecule has 0 aliphatic heterocycles. The number of aliphatic carboxylic acids is 1. The van der Waals surface area contributed by atoms with Crippen molar-refractivity contribution in [3.05, 3.63) is 42.5 Å². The third kappa shape index (κ3) is 2.90. The monoisotopic (exact) mass is 248 g/mol. The first-order chi connectivity index (χ1) is 8.41. The van der Waals surface area contributed by atoms with E-state index in [1.54, 1.807) is 13.0 Å². The number of carboxylic acids is 1. The van der Waals surface area contributed by atoms with Crippen molar-refractivity contribution in [2.24, 2.45) is 0 Å². The lowest BCUT2D eigenvalue weighted by Gasteiger charge is -2.27. The largest absolute Gasteiger partial charge is 0.480 e. The van der Waals surface area contributed by atoms with Crippen LogP contribution in [-0.4, -0.2) is 31.7 Å². The molecule has 0 spiro atoms. The van der Waals surface area contributed by atoms with Gasteiger partial charge in [0.1, 0.15) is 5.54 Å². The molecule has 0 radical (unpaired) electrons. The Labute approximate surface area is 108 Å². The van der Waals surface area contributed by atoms with E-state index in [-0.39, 0.29) is 0 Å². The highest BCUT2D eigenvalue weighted by Gasteiger charge is 2.34. The Balaban J connectivity index is 3.06. The second-order valence-electron chi connectivity index (χ2n) is 4.54. The van der Waals surface area contributed by atoms with Crippen molar-refractivity contribution in [3.8, 4) is 0 Å². The molecule has 1 atom stereocenters. The van der Waals surface area contributed by atoms with E-state index in [4.69, 9.17) is 0 Å². The first-order valence-electron chi connectivity index (χ1n) is 5.79. The molecular formula is C14H20N2O2. The Kier molecular flexibility index (Phi) is 4.50.